The molecule has 1 aromatic carbocycles. The van der Waals surface area contributed by atoms with Gasteiger partial charge in [-0.25, -0.2) is 0 Å². The third kappa shape index (κ3) is 3.52. The van der Waals surface area contributed by atoms with Gasteiger partial charge in [-0.3, -0.25) is 0 Å². The van der Waals surface area contributed by atoms with E-state index in [0.717, 1.165) is 34.2 Å². The summed E-state index contributed by atoms with van der Waals surface area (Å²) in [7, 11) is 2.18. The van der Waals surface area contributed by atoms with Gasteiger partial charge in [-0.05, 0) is 70.1 Å². The number of hydrogen-bond acceptors (Lipinski definition) is 3. The molecule has 0 saturated heterocycles. The molecule has 3 rings (SSSR count). The van der Waals surface area contributed by atoms with Crippen LogP contribution in [-0.2, 0) is 6.54 Å². The van der Waals surface area contributed by atoms with Crippen molar-refractivity contribution >= 4 is 43.2 Å². The molecule has 2 heterocycles. The standard InChI is InChI=1S/C16H17Br2NOS/c1-10-7-12-15(5-6-19(2)9-16(12)21-10)20-11-3-4-13(17)14(18)8-11/h3-4,7-8,15H,5-6,9H2,1-2H3. The number of hydrogen-bond donors (Lipinski definition) is 0. The molecule has 1 aromatic heterocycles. The lowest BCUT2D eigenvalue weighted by molar-refractivity contribution is 0.182. The minimum Gasteiger partial charge on any atom is -0.486 e. The smallest absolute Gasteiger partial charge is 0.126 e. The third-order valence-corrected chi connectivity index (χ3v) is 6.60. The van der Waals surface area contributed by atoms with Crippen LogP contribution in [0.2, 0.25) is 0 Å². The van der Waals surface area contributed by atoms with E-state index in [0.29, 0.717) is 0 Å². The summed E-state index contributed by atoms with van der Waals surface area (Å²) in [5.74, 6) is 0.912. The average molecular weight is 431 g/mol. The molecule has 2 nitrogen and oxygen atoms in total. The summed E-state index contributed by atoms with van der Waals surface area (Å²) in [6.45, 7) is 4.26. The summed E-state index contributed by atoms with van der Waals surface area (Å²) in [6, 6.07) is 8.35. The van der Waals surface area contributed by atoms with Gasteiger partial charge in [-0.1, -0.05) is 0 Å². The van der Waals surface area contributed by atoms with Crippen LogP contribution in [0.1, 0.15) is 27.8 Å². The van der Waals surface area contributed by atoms with E-state index in [1.807, 2.05) is 29.5 Å². The van der Waals surface area contributed by atoms with Crippen molar-refractivity contribution in [2.24, 2.45) is 0 Å². The fourth-order valence-electron chi connectivity index (χ4n) is 2.63. The maximum atomic E-state index is 6.29. The minimum absolute atomic E-state index is 0.142. The molecule has 5 heteroatoms. The molecular weight excluding hydrogens is 414 g/mol. The Balaban J connectivity index is 1.88. The molecule has 1 atom stereocenters. The van der Waals surface area contributed by atoms with Crippen LogP contribution in [0.25, 0.3) is 0 Å². The molecule has 0 radical (unpaired) electrons. The lowest BCUT2D eigenvalue weighted by Crippen LogP contribution is -2.18. The van der Waals surface area contributed by atoms with E-state index < -0.39 is 0 Å². The zero-order valence-corrected chi connectivity index (χ0v) is 16.0. The van der Waals surface area contributed by atoms with Crippen LogP contribution >= 0.6 is 43.2 Å². The molecule has 0 aliphatic carbocycles. The fourth-order valence-corrected chi connectivity index (χ4v) is 4.40. The van der Waals surface area contributed by atoms with Crippen LogP contribution in [-0.4, -0.2) is 18.5 Å². The van der Waals surface area contributed by atoms with Gasteiger partial charge in [0.2, 0.25) is 0 Å². The maximum absolute atomic E-state index is 6.29. The van der Waals surface area contributed by atoms with Crippen molar-refractivity contribution in [3.05, 3.63) is 48.5 Å². The van der Waals surface area contributed by atoms with Crippen molar-refractivity contribution in [2.75, 3.05) is 13.6 Å². The van der Waals surface area contributed by atoms with E-state index in [9.17, 15) is 0 Å². The van der Waals surface area contributed by atoms with Gasteiger partial charge in [0.05, 0.1) is 0 Å². The van der Waals surface area contributed by atoms with Crippen LogP contribution in [0.15, 0.2) is 33.2 Å². The Labute approximate surface area is 146 Å². The van der Waals surface area contributed by atoms with E-state index in [1.54, 1.807) is 0 Å². The molecule has 2 aromatic rings. The van der Waals surface area contributed by atoms with Crippen molar-refractivity contribution < 1.29 is 4.74 Å². The molecule has 0 bridgehead atoms. The predicted molar refractivity (Wildman–Crippen MR) is 95.2 cm³/mol. The molecule has 0 N–H and O–H groups in total. The second kappa shape index (κ2) is 6.41. The van der Waals surface area contributed by atoms with Gasteiger partial charge in [0.25, 0.3) is 0 Å². The molecule has 0 saturated carbocycles. The van der Waals surface area contributed by atoms with Crippen molar-refractivity contribution in [3.8, 4) is 5.75 Å². The largest absolute Gasteiger partial charge is 0.486 e. The molecular formula is C16H17Br2NOS. The Hall–Kier alpha value is -0.360. The summed E-state index contributed by atoms with van der Waals surface area (Å²) in [5, 5.41) is 0. The van der Waals surface area contributed by atoms with Gasteiger partial charge in [-0.15, -0.1) is 11.3 Å². The minimum atomic E-state index is 0.142. The Morgan fingerprint density at radius 2 is 2.05 bits per heavy atom. The molecule has 0 fully saturated rings. The Bertz CT molecular complexity index is 656. The number of nitrogens with zero attached hydrogens (tertiary/aromatic N) is 1. The number of thiophene rings is 1. The normalized spacial score (nSPS) is 19.1. The monoisotopic (exact) mass is 429 g/mol. The first-order valence-electron chi connectivity index (χ1n) is 6.92. The van der Waals surface area contributed by atoms with Crippen LogP contribution in [0, 0.1) is 6.92 Å². The highest BCUT2D eigenvalue weighted by Gasteiger charge is 2.24. The summed E-state index contributed by atoms with van der Waals surface area (Å²) in [5.41, 5.74) is 1.36. The molecule has 1 aliphatic heterocycles. The van der Waals surface area contributed by atoms with Crippen molar-refractivity contribution in [3.63, 3.8) is 0 Å². The number of rotatable bonds is 2. The number of benzene rings is 1. The zero-order valence-electron chi connectivity index (χ0n) is 12.0. The van der Waals surface area contributed by atoms with Gasteiger partial charge in [0, 0.05) is 43.8 Å². The van der Waals surface area contributed by atoms with Crippen LogP contribution in [0.3, 0.4) is 0 Å². The second-order valence-electron chi connectivity index (χ2n) is 5.44. The van der Waals surface area contributed by atoms with Gasteiger partial charge >= 0.3 is 0 Å². The molecule has 0 amide bonds. The van der Waals surface area contributed by atoms with Crippen molar-refractivity contribution in [1.82, 2.24) is 4.90 Å². The summed E-state index contributed by atoms with van der Waals surface area (Å²) in [6.07, 6.45) is 1.16. The van der Waals surface area contributed by atoms with Gasteiger partial charge < -0.3 is 9.64 Å². The van der Waals surface area contributed by atoms with Gasteiger partial charge in [0.1, 0.15) is 11.9 Å². The molecule has 112 valence electrons. The first kappa shape index (κ1) is 15.5. The van der Waals surface area contributed by atoms with E-state index in [4.69, 9.17) is 4.74 Å². The molecule has 1 aliphatic rings. The number of fused-ring (bicyclic) bond motifs is 1. The summed E-state index contributed by atoms with van der Waals surface area (Å²) in [4.78, 5) is 5.17. The first-order chi connectivity index (χ1) is 10.0. The maximum Gasteiger partial charge on any atom is 0.126 e. The van der Waals surface area contributed by atoms with Crippen LogP contribution in [0.5, 0.6) is 5.75 Å². The highest BCUT2D eigenvalue weighted by Crippen LogP contribution is 2.36. The van der Waals surface area contributed by atoms with Crippen LogP contribution < -0.4 is 4.74 Å². The highest BCUT2D eigenvalue weighted by molar-refractivity contribution is 9.13. The Morgan fingerprint density at radius 1 is 1.24 bits per heavy atom. The molecule has 0 spiro atoms. The Morgan fingerprint density at radius 3 is 2.81 bits per heavy atom. The molecule has 1 unspecified atom stereocenters. The van der Waals surface area contributed by atoms with Crippen molar-refractivity contribution in [2.45, 2.75) is 26.0 Å². The highest BCUT2D eigenvalue weighted by atomic mass is 79.9. The van der Waals surface area contributed by atoms with E-state index in [1.165, 1.54) is 15.3 Å². The van der Waals surface area contributed by atoms with Crippen molar-refractivity contribution in [1.29, 1.82) is 0 Å². The van der Waals surface area contributed by atoms with E-state index in [2.05, 4.69) is 56.8 Å². The van der Waals surface area contributed by atoms with E-state index in [-0.39, 0.29) is 6.10 Å². The first-order valence-corrected chi connectivity index (χ1v) is 9.32. The average Bonchev–Trinajstić information content (AvgIpc) is 2.72. The summed E-state index contributed by atoms with van der Waals surface area (Å²) < 4.78 is 8.35. The number of ether oxygens (including phenoxy) is 1. The lowest BCUT2D eigenvalue weighted by atomic mass is 10.1. The predicted octanol–water partition coefficient (Wildman–Crippen LogP) is 5.54. The SMILES string of the molecule is Cc1cc2c(s1)CN(C)CCC2Oc1ccc(Br)c(Br)c1. The lowest BCUT2D eigenvalue weighted by Gasteiger charge is -2.18. The zero-order chi connectivity index (χ0) is 15.0. The summed E-state index contributed by atoms with van der Waals surface area (Å²) >= 11 is 8.92. The third-order valence-electron chi connectivity index (χ3n) is 3.67. The molecule has 21 heavy (non-hydrogen) atoms. The second-order valence-corrected chi connectivity index (χ2v) is 8.49. The van der Waals surface area contributed by atoms with Crippen LogP contribution in [0.4, 0.5) is 0 Å². The van der Waals surface area contributed by atoms with E-state index >= 15 is 0 Å². The quantitative estimate of drug-likeness (QED) is 0.620. The fraction of sp³-hybridized carbons (Fsp3) is 0.375. The van der Waals surface area contributed by atoms with Gasteiger partial charge in [-0.2, -0.15) is 0 Å². The number of halogens is 2. The topological polar surface area (TPSA) is 12.5 Å². The van der Waals surface area contributed by atoms with Gasteiger partial charge in [0.15, 0.2) is 0 Å². The number of aryl methyl sites for hydroxylation is 1. The Kier molecular flexibility index (Phi) is 4.74.